The molecule has 1 N–H and O–H groups in total. The topological polar surface area (TPSA) is 42.3 Å². The lowest BCUT2D eigenvalue weighted by Crippen LogP contribution is -2.29. The van der Waals surface area contributed by atoms with E-state index in [2.05, 4.69) is 72.0 Å². The van der Waals surface area contributed by atoms with Crippen molar-refractivity contribution in [1.29, 1.82) is 0 Å². The number of methoxy groups -OCH3 is 1. The minimum absolute atomic E-state index is 0.0711. The Kier molecular flexibility index (Phi) is 5.84. The van der Waals surface area contributed by atoms with E-state index in [1.54, 1.807) is 7.11 Å². The highest BCUT2D eigenvalue weighted by molar-refractivity contribution is 7.80. The Morgan fingerprint density at radius 1 is 0.882 bits per heavy atom. The second-order valence-electron chi connectivity index (χ2n) is 8.58. The second kappa shape index (κ2) is 8.95. The summed E-state index contributed by atoms with van der Waals surface area (Å²) in [5, 5.41) is 4.25. The highest BCUT2D eigenvalue weighted by Gasteiger charge is 2.43. The number of ether oxygens (including phenoxy) is 1. The summed E-state index contributed by atoms with van der Waals surface area (Å²) >= 11 is 5.92. The lowest BCUT2D eigenvalue weighted by molar-refractivity contribution is 0.415. The third-order valence-corrected chi connectivity index (χ3v) is 7.06. The maximum atomic E-state index is 5.92. The SMILES string of the molecule is COc1cccc(N2C(=S)N[C@@H](c3ccccn3)[C@H]2c2c(C)c(C)n(-c3ccccc3)c2C)c1. The van der Waals surface area contributed by atoms with Crippen LogP contribution in [0.5, 0.6) is 5.75 Å². The molecule has 2 aromatic heterocycles. The van der Waals surface area contributed by atoms with Crippen LogP contribution in [0.1, 0.15) is 40.3 Å². The molecule has 5 nitrogen and oxygen atoms in total. The van der Waals surface area contributed by atoms with Crippen LogP contribution in [0.3, 0.4) is 0 Å². The van der Waals surface area contributed by atoms with Gasteiger partial charge < -0.3 is 19.5 Å². The number of pyridine rings is 1. The van der Waals surface area contributed by atoms with Gasteiger partial charge in [-0.15, -0.1) is 0 Å². The predicted octanol–water partition coefficient (Wildman–Crippen LogP) is 5.98. The molecule has 0 spiro atoms. The van der Waals surface area contributed by atoms with Gasteiger partial charge in [-0.1, -0.05) is 30.3 Å². The molecule has 0 aliphatic carbocycles. The molecule has 1 saturated heterocycles. The normalized spacial score (nSPS) is 17.6. The number of hydrogen-bond donors (Lipinski definition) is 1. The number of rotatable bonds is 5. The lowest BCUT2D eigenvalue weighted by atomic mass is 9.93. The van der Waals surface area contributed by atoms with Gasteiger partial charge in [0, 0.05) is 40.6 Å². The third kappa shape index (κ3) is 3.64. The van der Waals surface area contributed by atoms with Gasteiger partial charge in [0.05, 0.1) is 24.9 Å². The summed E-state index contributed by atoms with van der Waals surface area (Å²) in [7, 11) is 1.69. The first kappa shape index (κ1) is 22.2. The Morgan fingerprint density at radius 3 is 2.32 bits per heavy atom. The fourth-order valence-electron chi connectivity index (χ4n) is 5.09. The Hall–Kier alpha value is -3.64. The maximum absolute atomic E-state index is 5.92. The molecule has 0 radical (unpaired) electrons. The van der Waals surface area contributed by atoms with E-state index in [0.717, 1.165) is 22.8 Å². The van der Waals surface area contributed by atoms with Crippen LogP contribution in [-0.4, -0.2) is 21.8 Å². The van der Waals surface area contributed by atoms with Crippen molar-refractivity contribution >= 4 is 23.0 Å². The molecule has 2 atom stereocenters. The zero-order valence-electron chi connectivity index (χ0n) is 19.8. The van der Waals surface area contributed by atoms with Crippen LogP contribution in [0, 0.1) is 20.8 Å². The molecule has 0 amide bonds. The Labute approximate surface area is 206 Å². The first-order valence-electron chi connectivity index (χ1n) is 11.4. The molecule has 6 heteroatoms. The smallest absolute Gasteiger partial charge is 0.174 e. The molecular formula is C28H28N4OS. The van der Waals surface area contributed by atoms with Gasteiger partial charge >= 0.3 is 0 Å². The van der Waals surface area contributed by atoms with Gasteiger partial charge in [-0.05, 0) is 75.0 Å². The summed E-state index contributed by atoms with van der Waals surface area (Å²) in [6.45, 7) is 6.59. The molecule has 3 heterocycles. The van der Waals surface area contributed by atoms with Crippen molar-refractivity contribution in [3.05, 3.63) is 107 Å². The zero-order chi connectivity index (χ0) is 23.8. The Balaban J connectivity index is 1.73. The fourth-order valence-corrected chi connectivity index (χ4v) is 5.44. The van der Waals surface area contributed by atoms with E-state index in [1.165, 1.54) is 22.5 Å². The maximum Gasteiger partial charge on any atom is 0.174 e. The molecule has 1 aliphatic rings. The largest absolute Gasteiger partial charge is 0.497 e. The molecule has 0 saturated carbocycles. The monoisotopic (exact) mass is 468 g/mol. The summed E-state index contributed by atoms with van der Waals surface area (Å²) in [5.74, 6) is 0.798. The van der Waals surface area contributed by atoms with Gasteiger partial charge in [0.15, 0.2) is 5.11 Å². The van der Waals surface area contributed by atoms with E-state index in [9.17, 15) is 0 Å². The minimum atomic E-state index is -0.0941. The van der Waals surface area contributed by atoms with E-state index in [1.807, 2.05) is 42.6 Å². The van der Waals surface area contributed by atoms with Gasteiger partial charge in [-0.2, -0.15) is 0 Å². The quantitative estimate of drug-likeness (QED) is 0.365. The van der Waals surface area contributed by atoms with Crippen LogP contribution in [0.25, 0.3) is 5.69 Å². The molecule has 1 aliphatic heterocycles. The van der Waals surface area contributed by atoms with Crippen LogP contribution in [0.15, 0.2) is 79.0 Å². The van der Waals surface area contributed by atoms with Crippen molar-refractivity contribution in [1.82, 2.24) is 14.9 Å². The van der Waals surface area contributed by atoms with Crippen molar-refractivity contribution in [2.24, 2.45) is 0 Å². The van der Waals surface area contributed by atoms with Crippen LogP contribution >= 0.6 is 12.2 Å². The van der Waals surface area contributed by atoms with Crippen molar-refractivity contribution in [3.63, 3.8) is 0 Å². The Morgan fingerprint density at radius 2 is 1.62 bits per heavy atom. The van der Waals surface area contributed by atoms with Crippen LogP contribution in [0.4, 0.5) is 5.69 Å². The first-order valence-corrected chi connectivity index (χ1v) is 11.8. The number of thiocarbonyl (C=S) groups is 1. The number of para-hydroxylation sites is 1. The van der Waals surface area contributed by atoms with Gasteiger partial charge in [-0.25, -0.2) is 0 Å². The lowest BCUT2D eigenvalue weighted by Gasteiger charge is -2.29. The molecule has 0 unspecified atom stereocenters. The van der Waals surface area contributed by atoms with Gasteiger partial charge in [0.25, 0.3) is 0 Å². The average Bonchev–Trinajstić information content (AvgIpc) is 3.32. The molecule has 1 fully saturated rings. The van der Waals surface area contributed by atoms with E-state index in [0.29, 0.717) is 5.11 Å². The van der Waals surface area contributed by atoms with Crippen molar-refractivity contribution in [2.75, 3.05) is 12.0 Å². The molecule has 5 rings (SSSR count). The van der Waals surface area contributed by atoms with E-state index >= 15 is 0 Å². The first-order chi connectivity index (χ1) is 16.5. The number of aromatic nitrogens is 2. The zero-order valence-corrected chi connectivity index (χ0v) is 20.6. The summed E-state index contributed by atoms with van der Waals surface area (Å²) in [6, 6.07) is 24.4. The van der Waals surface area contributed by atoms with E-state index in [4.69, 9.17) is 21.9 Å². The minimum Gasteiger partial charge on any atom is -0.497 e. The van der Waals surface area contributed by atoms with E-state index < -0.39 is 0 Å². The van der Waals surface area contributed by atoms with E-state index in [-0.39, 0.29) is 12.1 Å². The van der Waals surface area contributed by atoms with Gasteiger partial charge in [-0.3, -0.25) is 4.98 Å². The summed E-state index contributed by atoms with van der Waals surface area (Å²) in [5.41, 5.74) is 8.04. The Bertz CT molecular complexity index is 1330. The number of benzene rings is 2. The molecule has 2 aromatic carbocycles. The summed E-state index contributed by atoms with van der Waals surface area (Å²) in [4.78, 5) is 6.91. The second-order valence-corrected chi connectivity index (χ2v) is 8.97. The van der Waals surface area contributed by atoms with Crippen molar-refractivity contribution < 1.29 is 4.74 Å². The number of nitrogens with zero attached hydrogens (tertiary/aromatic N) is 3. The molecule has 172 valence electrons. The molecule has 0 bridgehead atoms. The van der Waals surface area contributed by atoms with Crippen molar-refractivity contribution in [3.8, 4) is 11.4 Å². The fraction of sp³-hybridized carbons (Fsp3) is 0.214. The van der Waals surface area contributed by atoms with Gasteiger partial charge in [0.2, 0.25) is 0 Å². The van der Waals surface area contributed by atoms with Crippen LogP contribution in [0.2, 0.25) is 0 Å². The van der Waals surface area contributed by atoms with Gasteiger partial charge in [0.1, 0.15) is 5.75 Å². The number of nitrogens with one attached hydrogen (secondary N) is 1. The third-order valence-electron chi connectivity index (χ3n) is 6.75. The van der Waals surface area contributed by atoms with Crippen LogP contribution < -0.4 is 15.0 Å². The van der Waals surface area contributed by atoms with Crippen molar-refractivity contribution in [2.45, 2.75) is 32.9 Å². The van der Waals surface area contributed by atoms with Crippen LogP contribution in [-0.2, 0) is 0 Å². The predicted molar refractivity (Wildman–Crippen MR) is 141 cm³/mol. The number of hydrogen-bond acceptors (Lipinski definition) is 3. The molecule has 4 aromatic rings. The molecular weight excluding hydrogens is 440 g/mol. The average molecular weight is 469 g/mol. The summed E-state index contributed by atoms with van der Waals surface area (Å²) in [6.07, 6.45) is 1.84. The summed E-state index contributed by atoms with van der Waals surface area (Å²) < 4.78 is 7.86. The highest BCUT2D eigenvalue weighted by atomic mass is 32.1. The molecule has 34 heavy (non-hydrogen) atoms. The highest BCUT2D eigenvalue weighted by Crippen LogP contribution is 2.45. The standard InChI is InChI=1S/C28H28N4OS/c1-18-19(2)31(21-11-6-5-7-12-21)20(3)25(18)27-26(24-15-8-9-16-29-24)30-28(34)32(27)22-13-10-14-23(17-22)33-4/h5-17,26-27H,1-4H3,(H,30,34)/t26-,27+/m0/s1. The number of anilines is 1.